The molecule has 0 radical (unpaired) electrons. The van der Waals surface area contributed by atoms with Crippen molar-refractivity contribution < 1.29 is 23.8 Å². The van der Waals surface area contributed by atoms with Gasteiger partial charge in [0.05, 0.1) is 25.2 Å². The lowest BCUT2D eigenvalue weighted by Gasteiger charge is -2.23. The number of furan rings is 1. The van der Waals surface area contributed by atoms with Gasteiger partial charge >= 0.3 is 0 Å². The molecule has 29 heavy (non-hydrogen) atoms. The third-order valence-electron chi connectivity index (χ3n) is 4.08. The van der Waals surface area contributed by atoms with Crippen molar-refractivity contribution in [3.63, 3.8) is 0 Å². The van der Waals surface area contributed by atoms with Gasteiger partial charge in [-0.25, -0.2) is 4.98 Å². The standard InChI is InChI=1S/C20H21ClN2O5S/c1-26-8-6-23(20(25)18-3-2-7-27-18)10-14-9-15(21)4-5-17(14)28-12-19-22-16(11-24)13-29-19/h2-5,7,9,13,24H,6,8,10-12H2,1H3. The van der Waals surface area contributed by atoms with Gasteiger partial charge in [0.1, 0.15) is 17.4 Å². The summed E-state index contributed by atoms with van der Waals surface area (Å²) < 4.78 is 16.3. The fourth-order valence-corrected chi connectivity index (χ4v) is 3.55. The number of carbonyl (C=O) groups is 1. The molecular formula is C20H21ClN2O5S. The van der Waals surface area contributed by atoms with Crippen LogP contribution in [-0.4, -0.2) is 41.2 Å². The number of aromatic nitrogens is 1. The maximum Gasteiger partial charge on any atom is 0.289 e. The van der Waals surface area contributed by atoms with Crippen molar-refractivity contribution in [2.24, 2.45) is 0 Å². The summed E-state index contributed by atoms with van der Waals surface area (Å²) in [5, 5.41) is 12.2. The third kappa shape index (κ3) is 5.80. The zero-order valence-electron chi connectivity index (χ0n) is 15.8. The Balaban J connectivity index is 1.77. The number of thiazole rings is 1. The largest absolute Gasteiger partial charge is 0.486 e. The normalized spacial score (nSPS) is 10.9. The van der Waals surface area contributed by atoms with Gasteiger partial charge in [0.15, 0.2) is 5.76 Å². The third-order valence-corrected chi connectivity index (χ3v) is 5.19. The van der Waals surface area contributed by atoms with Crippen LogP contribution in [0.1, 0.15) is 26.8 Å². The van der Waals surface area contributed by atoms with E-state index in [4.69, 9.17) is 30.6 Å². The minimum atomic E-state index is -0.245. The molecule has 7 nitrogen and oxygen atoms in total. The van der Waals surface area contributed by atoms with Crippen LogP contribution in [0.3, 0.4) is 0 Å². The lowest BCUT2D eigenvalue weighted by molar-refractivity contribution is 0.0647. The summed E-state index contributed by atoms with van der Waals surface area (Å²) in [6, 6.07) is 8.56. The fourth-order valence-electron chi connectivity index (χ4n) is 2.66. The Morgan fingerprint density at radius 3 is 2.93 bits per heavy atom. The highest BCUT2D eigenvalue weighted by molar-refractivity contribution is 7.09. The van der Waals surface area contributed by atoms with Crippen LogP contribution >= 0.6 is 22.9 Å². The van der Waals surface area contributed by atoms with Gasteiger partial charge < -0.3 is 23.9 Å². The van der Waals surface area contributed by atoms with E-state index in [1.165, 1.54) is 17.6 Å². The van der Waals surface area contributed by atoms with Crippen LogP contribution in [0.25, 0.3) is 0 Å². The number of hydrogen-bond donors (Lipinski definition) is 1. The number of nitrogens with zero attached hydrogens (tertiary/aromatic N) is 2. The summed E-state index contributed by atoms with van der Waals surface area (Å²) in [6.07, 6.45) is 1.46. The van der Waals surface area contributed by atoms with E-state index < -0.39 is 0 Å². The molecule has 9 heteroatoms. The summed E-state index contributed by atoms with van der Waals surface area (Å²) >= 11 is 7.60. The Morgan fingerprint density at radius 2 is 2.24 bits per heavy atom. The molecule has 3 rings (SSSR count). The van der Waals surface area contributed by atoms with Gasteiger partial charge in [-0.15, -0.1) is 11.3 Å². The zero-order chi connectivity index (χ0) is 20.6. The van der Waals surface area contributed by atoms with Crippen molar-refractivity contribution in [2.45, 2.75) is 19.8 Å². The van der Waals surface area contributed by atoms with E-state index in [0.29, 0.717) is 29.6 Å². The second-order valence-corrected chi connectivity index (χ2v) is 7.51. The Morgan fingerprint density at radius 1 is 1.38 bits per heavy atom. The van der Waals surface area contributed by atoms with E-state index in [0.717, 1.165) is 10.6 Å². The first-order valence-electron chi connectivity index (χ1n) is 8.87. The number of methoxy groups -OCH3 is 1. The number of carbonyl (C=O) groups excluding carboxylic acids is 1. The molecule has 0 unspecified atom stereocenters. The van der Waals surface area contributed by atoms with Crippen LogP contribution < -0.4 is 4.74 Å². The fraction of sp³-hybridized carbons (Fsp3) is 0.300. The molecule has 1 amide bonds. The molecule has 154 valence electrons. The minimum absolute atomic E-state index is 0.105. The first-order chi connectivity index (χ1) is 14.1. The van der Waals surface area contributed by atoms with Crippen LogP contribution in [0.5, 0.6) is 5.75 Å². The van der Waals surface area contributed by atoms with Crippen molar-refractivity contribution >= 4 is 28.8 Å². The molecule has 0 aliphatic carbocycles. The van der Waals surface area contributed by atoms with Crippen molar-refractivity contribution in [3.05, 3.63) is 69.0 Å². The molecule has 0 atom stereocenters. The van der Waals surface area contributed by atoms with E-state index in [-0.39, 0.29) is 31.4 Å². The Bertz CT molecular complexity index is 929. The van der Waals surface area contributed by atoms with E-state index in [1.54, 1.807) is 47.7 Å². The van der Waals surface area contributed by atoms with Gasteiger partial charge in [-0.2, -0.15) is 0 Å². The topological polar surface area (TPSA) is 85.0 Å². The van der Waals surface area contributed by atoms with E-state index in [2.05, 4.69) is 4.98 Å². The van der Waals surface area contributed by atoms with E-state index in [9.17, 15) is 4.79 Å². The second-order valence-electron chi connectivity index (χ2n) is 6.13. The van der Waals surface area contributed by atoms with Crippen LogP contribution in [-0.2, 0) is 24.5 Å². The van der Waals surface area contributed by atoms with Crippen LogP contribution in [0, 0.1) is 0 Å². The lowest BCUT2D eigenvalue weighted by Crippen LogP contribution is -2.33. The predicted molar refractivity (Wildman–Crippen MR) is 109 cm³/mol. The van der Waals surface area contributed by atoms with Crippen molar-refractivity contribution in [1.82, 2.24) is 9.88 Å². The zero-order valence-corrected chi connectivity index (χ0v) is 17.4. The molecule has 0 bridgehead atoms. The first kappa shape index (κ1) is 21.3. The number of rotatable bonds is 10. The summed E-state index contributed by atoms with van der Waals surface area (Å²) in [4.78, 5) is 18.7. The van der Waals surface area contributed by atoms with E-state index >= 15 is 0 Å². The SMILES string of the molecule is COCCN(Cc1cc(Cl)ccc1OCc1nc(CO)cs1)C(=O)c1ccco1. The quantitative estimate of drug-likeness (QED) is 0.521. The Kier molecular flexibility index (Phi) is 7.65. The van der Waals surface area contributed by atoms with Crippen LogP contribution in [0.2, 0.25) is 5.02 Å². The molecule has 2 heterocycles. The van der Waals surface area contributed by atoms with Crippen molar-refractivity contribution in [3.8, 4) is 5.75 Å². The molecule has 0 saturated heterocycles. The predicted octanol–water partition coefficient (Wildman–Crippen LogP) is 3.75. The molecular weight excluding hydrogens is 416 g/mol. The molecule has 1 N–H and O–H groups in total. The number of halogens is 1. The maximum absolute atomic E-state index is 12.8. The molecule has 3 aromatic rings. The average molecular weight is 437 g/mol. The van der Waals surface area contributed by atoms with Crippen molar-refractivity contribution in [1.29, 1.82) is 0 Å². The number of ether oxygens (including phenoxy) is 2. The number of benzene rings is 1. The minimum Gasteiger partial charge on any atom is -0.486 e. The molecule has 0 spiro atoms. The second kappa shape index (κ2) is 10.4. The monoisotopic (exact) mass is 436 g/mol. The van der Waals surface area contributed by atoms with Gasteiger partial charge in [0, 0.05) is 36.2 Å². The van der Waals surface area contributed by atoms with Crippen molar-refractivity contribution in [2.75, 3.05) is 20.3 Å². The number of aliphatic hydroxyl groups excluding tert-OH is 1. The van der Waals surface area contributed by atoms with Gasteiger partial charge in [-0.3, -0.25) is 4.79 Å². The smallest absolute Gasteiger partial charge is 0.289 e. The highest BCUT2D eigenvalue weighted by Crippen LogP contribution is 2.26. The first-order valence-corrected chi connectivity index (χ1v) is 10.1. The summed E-state index contributed by atoms with van der Waals surface area (Å²) in [5.74, 6) is 0.611. The number of aliphatic hydroxyl groups is 1. The Labute approximate surface area is 177 Å². The van der Waals surface area contributed by atoms with Gasteiger partial charge in [0.2, 0.25) is 0 Å². The molecule has 0 fully saturated rings. The average Bonchev–Trinajstić information content (AvgIpc) is 3.41. The molecule has 0 aliphatic heterocycles. The molecule has 1 aromatic carbocycles. The summed E-state index contributed by atoms with van der Waals surface area (Å²) in [6.45, 7) is 1.19. The maximum atomic E-state index is 12.8. The van der Waals surface area contributed by atoms with Gasteiger partial charge in [-0.1, -0.05) is 11.6 Å². The van der Waals surface area contributed by atoms with Crippen LogP contribution in [0.4, 0.5) is 0 Å². The Hall–Kier alpha value is -2.39. The highest BCUT2D eigenvalue weighted by atomic mass is 35.5. The number of amides is 1. The molecule has 0 saturated carbocycles. The van der Waals surface area contributed by atoms with E-state index in [1.807, 2.05) is 0 Å². The molecule has 2 aromatic heterocycles. The summed E-state index contributed by atoms with van der Waals surface area (Å²) in [7, 11) is 1.58. The van der Waals surface area contributed by atoms with Crippen LogP contribution in [0.15, 0.2) is 46.4 Å². The number of hydrogen-bond acceptors (Lipinski definition) is 7. The lowest BCUT2D eigenvalue weighted by atomic mass is 10.1. The highest BCUT2D eigenvalue weighted by Gasteiger charge is 2.20. The van der Waals surface area contributed by atoms with Gasteiger partial charge in [-0.05, 0) is 30.3 Å². The summed E-state index contributed by atoms with van der Waals surface area (Å²) in [5.41, 5.74) is 1.37. The molecule has 0 aliphatic rings. The van der Waals surface area contributed by atoms with Gasteiger partial charge in [0.25, 0.3) is 5.91 Å².